The molecule has 0 bridgehead atoms. The summed E-state index contributed by atoms with van der Waals surface area (Å²) in [5, 5.41) is 11.7. The van der Waals surface area contributed by atoms with E-state index in [2.05, 4.69) is 29.1 Å². The summed E-state index contributed by atoms with van der Waals surface area (Å²) in [6.45, 7) is 6.14. The summed E-state index contributed by atoms with van der Waals surface area (Å²) in [4.78, 5) is 16.2. The highest BCUT2D eigenvalue weighted by atomic mass is 16.2. The monoisotopic (exact) mass is 274 g/mol. The fraction of sp³-hybridized carbons (Fsp3) is 0.500. The zero-order valence-corrected chi connectivity index (χ0v) is 12.4. The Balaban J connectivity index is 2.79. The zero-order valence-electron chi connectivity index (χ0n) is 12.4. The highest BCUT2D eigenvalue weighted by molar-refractivity contribution is 5.94. The number of aromatic nitrogens is 1. The van der Waals surface area contributed by atoms with Gasteiger partial charge in [0.25, 0.3) is 5.91 Å². The second-order valence-corrected chi connectivity index (χ2v) is 5.33. The number of hydrogen-bond acceptors (Lipinski definition) is 3. The third-order valence-corrected chi connectivity index (χ3v) is 2.80. The molecule has 0 saturated carbocycles. The van der Waals surface area contributed by atoms with E-state index in [-0.39, 0.29) is 18.1 Å². The van der Waals surface area contributed by atoms with Crippen LogP contribution in [-0.2, 0) is 0 Å². The Morgan fingerprint density at radius 2 is 2.20 bits per heavy atom. The van der Waals surface area contributed by atoms with Crippen LogP contribution in [-0.4, -0.2) is 28.1 Å². The zero-order chi connectivity index (χ0) is 15.0. The van der Waals surface area contributed by atoms with Crippen molar-refractivity contribution in [2.45, 2.75) is 45.6 Å². The van der Waals surface area contributed by atoms with Gasteiger partial charge in [0.15, 0.2) is 0 Å². The summed E-state index contributed by atoms with van der Waals surface area (Å²) >= 11 is 0. The van der Waals surface area contributed by atoms with E-state index in [9.17, 15) is 4.79 Å². The first-order valence-electron chi connectivity index (χ1n) is 6.86. The number of nitrogens with one attached hydrogen (secondary N) is 1. The first kappa shape index (κ1) is 16.2. The molecule has 0 spiro atoms. The molecule has 1 heterocycles. The molecule has 0 unspecified atom stereocenters. The van der Waals surface area contributed by atoms with Crippen molar-refractivity contribution in [2.24, 2.45) is 0 Å². The van der Waals surface area contributed by atoms with Gasteiger partial charge in [0.2, 0.25) is 0 Å². The molecule has 4 nitrogen and oxygen atoms in total. The average Bonchev–Trinajstić information content (AvgIpc) is 2.38. The molecule has 0 atom stereocenters. The Labute approximate surface area is 120 Å². The molecule has 0 fully saturated rings. The van der Waals surface area contributed by atoms with E-state index in [1.807, 2.05) is 13.8 Å². The van der Waals surface area contributed by atoms with Crippen LogP contribution in [0.2, 0.25) is 0 Å². The molecule has 0 aliphatic rings. The average molecular weight is 274 g/mol. The molecule has 0 aliphatic carbocycles. The molecule has 1 amide bonds. The van der Waals surface area contributed by atoms with Crippen LogP contribution >= 0.6 is 0 Å². The quantitative estimate of drug-likeness (QED) is 0.808. The number of nitrogens with zero attached hydrogens (tertiary/aromatic N) is 1. The number of rotatable bonds is 5. The lowest BCUT2D eigenvalue weighted by Gasteiger charge is -2.25. The van der Waals surface area contributed by atoms with Crippen LogP contribution in [0.25, 0.3) is 0 Å². The fourth-order valence-electron chi connectivity index (χ4n) is 1.92. The van der Waals surface area contributed by atoms with Crippen molar-refractivity contribution in [3.05, 3.63) is 29.6 Å². The third-order valence-electron chi connectivity index (χ3n) is 2.80. The molecule has 4 heteroatoms. The fourth-order valence-corrected chi connectivity index (χ4v) is 1.92. The Morgan fingerprint density at radius 3 is 2.85 bits per heavy atom. The lowest BCUT2D eigenvalue weighted by atomic mass is 9.98. The predicted molar refractivity (Wildman–Crippen MR) is 79.3 cm³/mol. The maximum atomic E-state index is 12.2. The van der Waals surface area contributed by atoms with Crippen molar-refractivity contribution in [1.82, 2.24) is 10.3 Å². The van der Waals surface area contributed by atoms with Crippen LogP contribution < -0.4 is 5.32 Å². The first-order valence-corrected chi connectivity index (χ1v) is 6.86. The molecule has 0 aliphatic heterocycles. The van der Waals surface area contributed by atoms with Crippen molar-refractivity contribution in [2.75, 3.05) is 6.61 Å². The number of aliphatic hydroxyl groups is 1. The lowest BCUT2D eigenvalue weighted by molar-refractivity contribution is 0.0908. The first-order chi connectivity index (χ1) is 9.48. The molecule has 2 N–H and O–H groups in total. The van der Waals surface area contributed by atoms with Gasteiger partial charge < -0.3 is 10.4 Å². The minimum absolute atomic E-state index is 0.0335. The van der Waals surface area contributed by atoms with E-state index in [0.717, 1.165) is 12.8 Å². The maximum absolute atomic E-state index is 12.2. The number of aliphatic hydroxyl groups excluding tert-OH is 1. The summed E-state index contributed by atoms with van der Waals surface area (Å²) < 4.78 is 0. The summed E-state index contributed by atoms with van der Waals surface area (Å²) in [5.74, 6) is 5.55. The second kappa shape index (κ2) is 7.66. The van der Waals surface area contributed by atoms with Gasteiger partial charge in [-0.15, -0.1) is 0 Å². The molecule has 20 heavy (non-hydrogen) atoms. The number of hydrogen-bond donors (Lipinski definition) is 2. The molecule has 0 saturated heterocycles. The van der Waals surface area contributed by atoms with E-state index in [0.29, 0.717) is 17.5 Å². The normalized spacial score (nSPS) is 10.6. The van der Waals surface area contributed by atoms with Crippen LogP contribution in [0.5, 0.6) is 0 Å². The summed E-state index contributed by atoms with van der Waals surface area (Å²) in [6, 6.07) is 1.72. The minimum Gasteiger partial charge on any atom is -0.395 e. The summed E-state index contributed by atoms with van der Waals surface area (Å²) in [5.41, 5.74) is 0.953. The maximum Gasteiger partial charge on any atom is 0.253 e. The number of amides is 1. The molecular formula is C16H22N2O2. The van der Waals surface area contributed by atoms with Crippen LogP contribution in [0, 0.1) is 11.8 Å². The van der Waals surface area contributed by atoms with Gasteiger partial charge in [-0.25, -0.2) is 0 Å². The highest BCUT2D eigenvalue weighted by Gasteiger charge is 2.20. The van der Waals surface area contributed by atoms with Crippen LogP contribution in [0.15, 0.2) is 18.5 Å². The summed E-state index contributed by atoms with van der Waals surface area (Å²) in [6.07, 6.45) is 5.49. The van der Waals surface area contributed by atoms with E-state index in [1.165, 1.54) is 6.20 Å². The standard InChI is InChI=1S/C16H22N2O2/c1-4-8-16(2,3)18-15(20)14-10-13(11-17-12-14)7-5-6-9-19/h10-12,19H,4,6,8-9H2,1-3H3,(H,18,20). The Bertz CT molecular complexity index is 513. The SMILES string of the molecule is CCCC(C)(C)NC(=O)c1cncc(C#CCCO)c1. The van der Waals surface area contributed by atoms with Gasteiger partial charge in [-0.3, -0.25) is 9.78 Å². The Kier molecular flexibility index (Phi) is 6.20. The molecule has 1 rings (SSSR count). The molecular weight excluding hydrogens is 252 g/mol. The minimum atomic E-state index is -0.232. The van der Waals surface area contributed by atoms with E-state index in [1.54, 1.807) is 12.3 Å². The van der Waals surface area contributed by atoms with Crippen molar-refractivity contribution in [3.8, 4) is 11.8 Å². The van der Waals surface area contributed by atoms with Gasteiger partial charge in [0.05, 0.1) is 12.2 Å². The van der Waals surface area contributed by atoms with Gasteiger partial charge >= 0.3 is 0 Å². The largest absolute Gasteiger partial charge is 0.395 e. The highest BCUT2D eigenvalue weighted by Crippen LogP contribution is 2.12. The van der Waals surface area contributed by atoms with Gasteiger partial charge in [-0.2, -0.15) is 0 Å². The van der Waals surface area contributed by atoms with Gasteiger partial charge in [0.1, 0.15) is 0 Å². The smallest absolute Gasteiger partial charge is 0.253 e. The van der Waals surface area contributed by atoms with Crippen LogP contribution in [0.1, 0.15) is 56.0 Å². The molecule has 0 aromatic carbocycles. The Morgan fingerprint density at radius 1 is 1.45 bits per heavy atom. The van der Waals surface area contributed by atoms with Gasteiger partial charge in [-0.05, 0) is 26.3 Å². The summed E-state index contributed by atoms with van der Waals surface area (Å²) in [7, 11) is 0. The van der Waals surface area contributed by atoms with Gasteiger partial charge in [0, 0.05) is 29.9 Å². The van der Waals surface area contributed by atoms with Crippen molar-refractivity contribution in [3.63, 3.8) is 0 Å². The second-order valence-electron chi connectivity index (χ2n) is 5.33. The molecule has 1 aromatic heterocycles. The lowest BCUT2D eigenvalue weighted by Crippen LogP contribution is -2.43. The Hall–Kier alpha value is -1.86. The molecule has 0 radical (unpaired) electrons. The van der Waals surface area contributed by atoms with Crippen LogP contribution in [0.3, 0.4) is 0 Å². The van der Waals surface area contributed by atoms with E-state index < -0.39 is 0 Å². The topological polar surface area (TPSA) is 62.2 Å². The molecule has 108 valence electrons. The molecule has 1 aromatic rings. The number of pyridine rings is 1. The van der Waals surface area contributed by atoms with Crippen molar-refractivity contribution in [1.29, 1.82) is 0 Å². The third kappa shape index (κ3) is 5.41. The van der Waals surface area contributed by atoms with E-state index >= 15 is 0 Å². The van der Waals surface area contributed by atoms with Crippen molar-refractivity contribution < 1.29 is 9.90 Å². The van der Waals surface area contributed by atoms with Crippen molar-refractivity contribution >= 4 is 5.91 Å². The van der Waals surface area contributed by atoms with Gasteiger partial charge in [-0.1, -0.05) is 25.2 Å². The number of carbonyl (C=O) groups excluding carboxylic acids is 1. The predicted octanol–water partition coefficient (Wildman–Crippen LogP) is 2.12. The van der Waals surface area contributed by atoms with E-state index in [4.69, 9.17) is 5.11 Å². The van der Waals surface area contributed by atoms with Crippen LogP contribution in [0.4, 0.5) is 0 Å². The number of carbonyl (C=O) groups is 1.